The van der Waals surface area contributed by atoms with Crippen LogP contribution in [0.25, 0.3) is 0 Å². The maximum atomic E-state index is 11.8. The van der Waals surface area contributed by atoms with Crippen molar-refractivity contribution >= 4 is 21.2 Å². The third kappa shape index (κ3) is 3.82. The standard InChI is InChI=1S/C13H16N4O4S/c1-10-8-15-16(9-10)6-5-14-12-4-3-11(17(18)19)7-13(12)22(2,20)21/h3-4,7-9,14H,5-6H2,1-2H3. The number of benzene rings is 1. The number of non-ortho nitro benzene ring substituents is 1. The highest BCUT2D eigenvalue weighted by atomic mass is 32.2. The normalized spacial score (nSPS) is 11.4. The summed E-state index contributed by atoms with van der Waals surface area (Å²) < 4.78 is 25.3. The van der Waals surface area contributed by atoms with E-state index in [0.29, 0.717) is 18.8 Å². The van der Waals surface area contributed by atoms with Crippen LogP contribution >= 0.6 is 0 Å². The van der Waals surface area contributed by atoms with Gasteiger partial charge in [-0.25, -0.2) is 8.42 Å². The number of rotatable bonds is 6. The van der Waals surface area contributed by atoms with Gasteiger partial charge in [0.05, 0.1) is 28.2 Å². The number of aromatic nitrogens is 2. The molecule has 0 aliphatic carbocycles. The largest absolute Gasteiger partial charge is 0.382 e. The minimum Gasteiger partial charge on any atom is -0.382 e. The van der Waals surface area contributed by atoms with Crippen molar-refractivity contribution in [1.82, 2.24) is 9.78 Å². The molecule has 8 nitrogen and oxygen atoms in total. The van der Waals surface area contributed by atoms with Crippen LogP contribution in [0.5, 0.6) is 0 Å². The van der Waals surface area contributed by atoms with Gasteiger partial charge < -0.3 is 5.32 Å². The Balaban J connectivity index is 2.17. The predicted octanol–water partition coefficient (Wildman–Crippen LogP) is 1.62. The number of hydrogen-bond donors (Lipinski definition) is 1. The molecule has 0 amide bonds. The van der Waals surface area contributed by atoms with E-state index in [4.69, 9.17) is 0 Å². The molecule has 0 fully saturated rings. The molecule has 9 heteroatoms. The highest BCUT2D eigenvalue weighted by Crippen LogP contribution is 2.26. The number of nitro benzene ring substituents is 1. The summed E-state index contributed by atoms with van der Waals surface area (Å²) in [5.74, 6) is 0. The summed E-state index contributed by atoms with van der Waals surface area (Å²) in [5, 5.41) is 17.9. The average Bonchev–Trinajstić information content (AvgIpc) is 2.83. The van der Waals surface area contributed by atoms with Gasteiger partial charge in [-0.3, -0.25) is 14.8 Å². The van der Waals surface area contributed by atoms with Crippen LogP contribution in [0.4, 0.5) is 11.4 Å². The Bertz CT molecular complexity index is 798. The van der Waals surface area contributed by atoms with Crippen LogP contribution in [0, 0.1) is 17.0 Å². The lowest BCUT2D eigenvalue weighted by molar-refractivity contribution is -0.385. The van der Waals surface area contributed by atoms with Crippen molar-refractivity contribution in [2.24, 2.45) is 0 Å². The molecule has 0 atom stereocenters. The summed E-state index contributed by atoms with van der Waals surface area (Å²) in [6, 6.07) is 3.74. The van der Waals surface area contributed by atoms with Crippen molar-refractivity contribution in [3.05, 3.63) is 46.3 Å². The second-order valence-corrected chi connectivity index (χ2v) is 6.90. The second-order valence-electron chi connectivity index (χ2n) is 4.92. The zero-order valence-electron chi connectivity index (χ0n) is 12.2. The smallest absolute Gasteiger partial charge is 0.270 e. The van der Waals surface area contributed by atoms with Crippen LogP contribution in [0.15, 0.2) is 35.5 Å². The molecule has 1 N–H and O–H groups in total. The maximum Gasteiger partial charge on any atom is 0.270 e. The Labute approximate surface area is 127 Å². The number of hydrogen-bond acceptors (Lipinski definition) is 6. The Kier molecular flexibility index (Phi) is 4.45. The molecule has 0 saturated carbocycles. The molecule has 0 aliphatic heterocycles. The van der Waals surface area contributed by atoms with Gasteiger partial charge in [-0.1, -0.05) is 0 Å². The maximum absolute atomic E-state index is 11.8. The van der Waals surface area contributed by atoms with Crippen LogP contribution in [0.1, 0.15) is 5.56 Å². The van der Waals surface area contributed by atoms with Gasteiger partial charge in [-0.05, 0) is 18.6 Å². The fraction of sp³-hybridized carbons (Fsp3) is 0.308. The first-order valence-electron chi connectivity index (χ1n) is 6.49. The zero-order chi connectivity index (χ0) is 16.3. The molecule has 2 aromatic rings. The molecule has 2 rings (SSSR count). The fourth-order valence-electron chi connectivity index (χ4n) is 1.97. The first-order chi connectivity index (χ1) is 10.3. The van der Waals surface area contributed by atoms with Crippen LogP contribution in [0.2, 0.25) is 0 Å². The predicted molar refractivity (Wildman–Crippen MR) is 81.7 cm³/mol. The van der Waals surface area contributed by atoms with Gasteiger partial charge in [-0.2, -0.15) is 5.10 Å². The van der Waals surface area contributed by atoms with E-state index in [1.165, 1.54) is 12.1 Å². The molecule has 0 aliphatic rings. The fourth-order valence-corrected chi connectivity index (χ4v) is 2.85. The highest BCUT2D eigenvalue weighted by Gasteiger charge is 2.18. The zero-order valence-corrected chi connectivity index (χ0v) is 13.0. The van der Waals surface area contributed by atoms with E-state index < -0.39 is 14.8 Å². The SMILES string of the molecule is Cc1cnn(CCNc2ccc([N+](=O)[O-])cc2S(C)(=O)=O)c1. The molecule has 0 bridgehead atoms. The number of nitrogens with one attached hydrogen (secondary N) is 1. The minimum absolute atomic E-state index is 0.0849. The van der Waals surface area contributed by atoms with Crippen molar-refractivity contribution in [2.45, 2.75) is 18.4 Å². The summed E-state index contributed by atoms with van der Waals surface area (Å²) in [4.78, 5) is 10.1. The molecule has 0 radical (unpaired) electrons. The molecule has 118 valence electrons. The Hall–Kier alpha value is -2.42. The third-order valence-electron chi connectivity index (χ3n) is 2.99. The summed E-state index contributed by atoms with van der Waals surface area (Å²) in [5.41, 5.74) is 1.12. The average molecular weight is 324 g/mol. The van der Waals surface area contributed by atoms with Crippen LogP contribution in [-0.2, 0) is 16.4 Å². The molecule has 0 spiro atoms. The minimum atomic E-state index is -3.57. The van der Waals surface area contributed by atoms with Gasteiger partial charge in [0.25, 0.3) is 5.69 Å². The van der Waals surface area contributed by atoms with E-state index in [2.05, 4.69) is 10.4 Å². The van der Waals surface area contributed by atoms with Crippen LogP contribution in [0.3, 0.4) is 0 Å². The molecule has 1 heterocycles. The van der Waals surface area contributed by atoms with E-state index in [9.17, 15) is 18.5 Å². The first-order valence-corrected chi connectivity index (χ1v) is 8.38. The summed E-state index contributed by atoms with van der Waals surface area (Å²) in [6.45, 7) is 2.92. The van der Waals surface area contributed by atoms with E-state index in [1.807, 2.05) is 13.1 Å². The molecular formula is C13H16N4O4S. The molecule has 0 unspecified atom stereocenters. The quantitative estimate of drug-likeness (QED) is 0.639. The highest BCUT2D eigenvalue weighted by molar-refractivity contribution is 7.90. The first kappa shape index (κ1) is 16.0. The van der Waals surface area contributed by atoms with Gasteiger partial charge in [-0.15, -0.1) is 0 Å². The lowest BCUT2D eigenvalue weighted by atomic mass is 10.3. The van der Waals surface area contributed by atoms with Gasteiger partial charge in [0, 0.05) is 31.1 Å². The third-order valence-corrected chi connectivity index (χ3v) is 4.13. The number of sulfone groups is 1. The van der Waals surface area contributed by atoms with Gasteiger partial charge >= 0.3 is 0 Å². The Morgan fingerprint density at radius 3 is 2.68 bits per heavy atom. The van der Waals surface area contributed by atoms with E-state index in [-0.39, 0.29) is 10.6 Å². The van der Waals surface area contributed by atoms with E-state index in [0.717, 1.165) is 17.9 Å². The molecule has 1 aromatic heterocycles. The summed E-state index contributed by atoms with van der Waals surface area (Å²) in [7, 11) is -3.57. The van der Waals surface area contributed by atoms with Crippen LogP contribution < -0.4 is 5.32 Å². The van der Waals surface area contributed by atoms with Gasteiger partial charge in [0.15, 0.2) is 9.84 Å². The molecule has 22 heavy (non-hydrogen) atoms. The van der Waals surface area contributed by atoms with E-state index >= 15 is 0 Å². The van der Waals surface area contributed by atoms with Gasteiger partial charge in [0.1, 0.15) is 0 Å². The second kappa shape index (κ2) is 6.14. The molecule has 0 saturated heterocycles. The number of aryl methyl sites for hydroxylation is 1. The number of nitrogens with zero attached hydrogens (tertiary/aromatic N) is 3. The summed E-state index contributed by atoms with van der Waals surface area (Å²) in [6.07, 6.45) is 4.62. The molecular weight excluding hydrogens is 308 g/mol. The molecule has 1 aromatic carbocycles. The van der Waals surface area contributed by atoms with Crippen LogP contribution in [-0.4, -0.2) is 35.9 Å². The van der Waals surface area contributed by atoms with Crippen molar-refractivity contribution in [1.29, 1.82) is 0 Å². The lowest BCUT2D eigenvalue weighted by Gasteiger charge is -2.11. The lowest BCUT2D eigenvalue weighted by Crippen LogP contribution is -2.13. The van der Waals surface area contributed by atoms with Gasteiger partial charge in [0.2, 0.25) is 0 Å². The topological polar surface area (TPSA) is 107 Å². The monoisotopic (exact) mass is 324 g/mol. The van der Waals surface area contributed by atoms with Crippen molar-refractivity contribution in [3.8, 4) is 0 Å². The van der Waals surface area contributed by atoms with Crippen molar-refractivity contribution < 1.29 is 13.3 Å². The van der Waals surface area contributed by atoms with Crippen molar-refractivity contribution in [2.75, 3.05) is 18.1 Å². The number of nitro groups is 1. The summed E-state index contributed by atoms with van der Waals surface area (Å²) >= 11 is 0. The Morgan fingerprint density at radius 2 is 2.14 bits per heavy atom. The van der Waals surface area contributed by atoms with E-state index in [1.54, 1.807) is 10.9 Å². The van der Waals surface area contributed by atoms with Crippen molar-refractivity contribution in [3.63, 3.8) is 0 Å². The Morgan fingerprint density at radius 1 is 1.41 bits per heavy atom. The number of anilines is 1.